The molecule has 0 aliphatic heterocycles. The van der Waals surface area contributed by atoms with Crippen LogP contribution in [0.3, 0.4) is 0 Å². The summed E-state index contributed by atoms with van der Waals surface area (Å²) < 4.78 is 3.67. The molecule has 0 saturated heterocycles. The van der Waals surface area contributed by atoms with Crippen molar-refractivity contribution in [3.8, 4) is 0 Å². The summed E-state index contributed by atoms with van der Waals surface area (Å²) in [4.78, 5) is 0. The van der Waals surface area contributed by atoms with E-state index in [2.05, 4.69) is 49.6 Å². The van der Waals surface area contributed by atoms with Crippen molar-refractivity contribution in [2.24, 2.45) is 0 Å². The molecule has 4 heteroatoms. The topological polar surface area (TPSA) is 0 Å². The fourth-order valence-electron chi connectivity index (χ4n) is 2.11. The van der Waals surface area contributed by atoms with Crippen molar-refractivity contribution in [2.75, 3.05) is 0 Å². The molecule has 0 bridgehead atoms. The zero-order valence-electron chi connectivity index (χ0n) is 9.63. The first-order valence-electron chi connectivity index (χ1n) is 5.18. The number of hydrogen-bond acceptors (Lipinski definition) is 0. The smallest absolute Gasteiger partial charge is 1.00 e. The summed E-state index contributed by atoms with van der Waals surface area (Å²) in [5, 5.41) is 0. The molecule has 0 aromatic carbocycles. The molecule has 0 saturated carbocycles. The van der Waals surface area contributed by atoms with Crippen LogP contribution >= 0.6 is 0 Å². The van der Waals surface area contributed by atoms with Crippen LogP contribution in [0, 0.1) is 0 Å². The first-order chi connectivity index (χ1) is 6.79. The molecule has 0 unspecified atom stereocenters. The van der Waals surface area contributed by atoms with Crippen molar-refractivity contribution in [1.82, 2.24) is 0 Å². The van der Waals surface area contributed by atoms with Gasteiger partial charge in [0.2, 0.25) is 0 Å². The Labute approximate surface area is 127 Å². The van der Waals surface area contributed by atoms with E-state index in [-0.39, 0.29) is 39.4 Å². The van der Waals surface area contributed by atoms with Crippen LogP contribution in [0.2, 0.25) is 13.1 Å². The van der Waals surface area contributed by atoms with Crippen LogP contribution in [0.15, 0.2) is 43.0 Å². The zero-order valence-corrected chi connectivity index (χ0v) is 16.3. The molecule has 0 atom stereocenters. The van der Waals surface area contributed by atoms with E-state index in [9.17, 15) is 0 Å². The van der Waals surface area contributed by atoms with Crippen molar-refractivity contribution in [3.63, 3.8) is 0 Å². The second-order valence-corrected chi connectivity index (χ2v) is 21.4. The Bertz CT molecular complexity index is 367. The molecular weight excluding hydrogens is 423 g/mol. The van der Waals surface area contributed by atoms with Gasteiger partial charge in [0.05, 0.1) is 0 Å². The van der Waals surface area contributed by atoms with E-state index in [4.69, 9.17) is 0 Å². The quantitative estimate of drug-likeness (QED) is 0.420. The molecule has 0 aromatic rings. The predicted molar refractivity (Wildman–Crippen MR) is 61.2 cm³/mol. The summed E-state index contributed by atoms with van der Waals surface area (Å²) in [6.07, 6.45) is 16.5. The Balaban J connectivity index is 0.00000112. The van der Waals surface area contributed by atoms with Crippen molar-refractivity contribution in [3.05, 3.63) is 43.0 Å². The molecule has 0 radical (unpaired) electrons. The molecule has 86 valence electrons. The van der Waals surface area contributed by atoms with Gasteiger partial charge < -0.3 is 34.0 Å². The normalized spacial score (nSPS) is 15.6. The molecule has 16 heavy (non-hydrogen) atoms. The summed E-state index contributed by atoms with van der Waals surface area (Å²) in [6, 6.07) is 0. The average Bonchev–Trinajstić information content (AvgIpc) is 2.75. The number of halogens is 2. The number of hydrogen-bond donors (Lipinski definition) is 0. The van der Waals surface area contributed by atoms with Crippen LogP contribution in [0.1, 0.15) is 12.8 Å². The Morgan fingerprint density at radius 1 is 0.938 bits per heavy atom. The first-order valence-corrected chi connectivity index (χ1v) is 13.8. The standard InChI is InChI=1S/2C5H5.C2H6Si.2BrH.Zr/c2*1-2-4-5-3-1;1-3-2;;;/h2*1-3H,4H2;1-2H3;2*1H;/q;;;;;+2/p-2. The van der Waals surface area contributed by atoms with Gasteiger partial charge in [0, 0.05) is 0 Å². The van der Waals surface area contributed by atoms with Gasteiger partial charge in [-0.1, -0.05) is 0 Å². The number of rotatable bonds is 2. The minimum atomic E-state index is -1.33. The summed E-state index contributed by atoms with van der Waals surface area (Å²) >= 11 is -1.33. The van der Waals surface area contributed by atoms with Crippen LogP contribution in [0.25, 0.3) is 0 Å². The minimum absolute atomic E-state index is 0. The molecule has 2 rings (SSSR count). The molecular formula is C12H16Br2SiZr. The minimum Gasteiger partial charge on any atom is -1.00 e. The number of allylic oxidation sites excluding steroid dienone is 8. The monoisotopic (exact) mass is 436 g/mol. The molecule has 2 aliphatic rings. The van der Waals surface area contributed by atoms with Gasteiger partial charge in [-0.15, -0.1) is 0 Å². The van der Waals surface area contributed by atoms with E-state index in [0.717, 1.165) is 0 Å². The van der Waals surface area contributed by atoms with Gasteiger partial charge >= 0.3 is 94.8 Å². The van der Waals surface area contributed by atoms with E-state index >= 15 is 0 Å². The van der Waals surface area contributed by atoms with Crippen LogP contribution < -0.4 is 34.0 Å². The van der Waals surface area contributed by atoms with Gasteiger partial charge in [-0.05, 0) is 0 Å². The fraction of sp³-hybridized carbons (Fsp3) is 0.333. The van der Waals surface area contributed by atoms with Crippen LogP contribution in [-0.2, 0) is 20.4 Å². The zero-order chi connectivity index (χ0) is 9.97. The SMILES string of the molecule is C[Si](C)=[Zr+2]([C]1=CC=CC1)[C]1=CC=CC1.[Br-].[Br-]. The summed E-state index contributed by atoms with van der Waals surface area (Å²) in [5.41, 5.74) is -0.0588. The summed E-state index contributed by atoms with van der Waals surface area (Å²) in [5.74, 6) is 0. The van der Waals surface area contributed by atoms with Gasteiger partial charge in [-0.25, -0.2) is 0 Å². The Kier molecular flexibility index (Phi) is 8.70. The molecule has 0 amide bonds. The fourth-order valence-corrected chi connectivity index (χ4v) is 19.0. The third-order valence-electron chi connectivity index (χ3n) is 2.68. The maximum atomic E-state index is 2.51. The summed E-state index contributed by atoms with van der Waals surface area (Å²) in [6.45, 7) is 5.02. The molecule has 0 aromatic heterocycles. The molecule has 0 spiro atoms. The van der Waals surface area contributed by atoms with E-state index < -0.39 is 20.4 Å². The molecule has 0 N–H and O–H groups in total. The van der Waals surface area contributed by atoms with Gasteiger partial charge in [-0.2, -0.15) is 0 Å². The second kappa shape index (κ2) is 8.18. The first kappa shape index (κ1) is 17.0. The molecule has 2 aliphatic carbocycles. The Morgan fingerprint density at radius 3 is 1.62 bits per heavy atom. The van der Waals surface area contributed by atoms with E-state index in [1.54, 1.807) is 0 Å². The Hall–Kier alpha value is 1.02. The largest absolute Gasteiger partial charge is 1.00 e. The van der Waals surface area contributed by atoms with Crippen molar-refractivity contribution < 1.29 is 54.3 Å². The van der Waals surface area contributed by atoms with Gasteiger partial charge in [-0.3, -0.25) is 0 Å². The maximum absolute atomic E-state index is 2.51. The van der Waals surface area contributed by atoms with Gasteiger partial charge in [0.1, 0.15) is 0 Å². The average molecular weight is 439 g/mol. The summed E-state index contributed by atoms with van der Waals surface area (Å²) in [7, 11) is 0. The van der Waals surface area contributed by atoms with Crippen molar-refractivity contribution in [2.45, 2.75) is 25.9 Å². The third kappa shape index (κ3) is 4.04. The predicted octanol–water partition coefficient (Wildman–Crippen LogP) is -2.45. The maximum Gasteiger partial charge on any atom is -1.00 e. The van der Waals surface area contributed by atoms with Crippen LogP contribution in [-0.4, -0.2) is 5.43 Å². The van der Waals surface area contributed by atoms with Crippen molar-refractivity contribution >= 4 is 5.43 Å². The van der Waals surface area contributed by atoms with E-state index in [0.29, 0.717) is 0 Å². The van der Waals surface area contributed by atoms with Gasteiger partial charge in [0.25, 0.3) is 0 Å². The van der Waals surface area contributed by atoms with Gasteiger partial charge in [0.15, 0.2) is 0 Å². The third-order valence-corrected chi connectivity index (χ3v) is 19.8. The van der Waals surface area contributed by atoms with Crippen LogP contribution in [0.4, 0.5) is 0 Å². The molecule has 0 nitrogen and oxygen atoms in total. The van der Waals surface area contributed by atoms with E-state index in [1.165, 1.54) is 12.8 Å². The second-order valence-electron chi connectivity index (χ2n) is 4.02. The molecule has 0 heterocycles. The van der Waals surface area contributed by atoms with E-state index in [1.807, 2.05) is 6.56 Å². The molecule has 0 fully saturated rings. The van der Waals surface area contributed by atoms with Crippen LogP contribution in [0.5, 0.6) is 0 Å². The Morgan fingerprint density at radius 2 is 1.38 bits per heavy atom. The van der Waals surface area contributed by atoms with Crippen molar-refractivity contribution in [1.29, 1.82) is 0 Å².